The number of aryl methyl sites for hydroxylation is 1. The molecule has 7 nitrogen and oxygen atoms in total. The van der Waals surface area contributed by atoms with Crippen molar-refractivity contribution < 1.29 is 23.9 Å². The molecule has 0 aliphatic rings. The minimum atomic E-state index is -1.15. The van der Waals surface area contributed by atoms with Crippen LogP contribution in [0.5, 0.6) is 0 Å². The van der Waals surface area contributed by atoms with Crippen molar-refractivity contribution in [1.82, 2.24) is 10.2 Å². The monoisotopic (exact) mass is 366 g/mol. The average Bonchev–Trinajstić information content (AvgIpc) is 2.86. The van der Waals surface area contributed by atoms with Gasteiger partial charge in [0.2, 0.25) is 5.91 Å². The van der Waals surface area contributed by atoms with Crippen LogP contribution in [0.15, 0.2) is 22.6 Å². The second-order valence-electron chi connectivity index (χ2n) is 5.69. The van der Waals surface area contributed by atoms with Crippen molar-refractivity contribution in [2.24, 2.45) is 0 Å². The summed E-state index contributed by atoms with van der Waals surface area (Å²) >= 11 is 5.98. The lowest BCUT2D eigenvalue weighted by atomic mass is 10.1. The van der Waals surface area contributed by atoms with Crippen molar-refractivity contribution in [3.05, 3.63) is 34.5 Å². The number of hydrogen-bond acceptors (Lipinski definition) is 4. The van der Waals surface area contributed by atoms with Gasteiger partial charge in [0, 0.05) is 36.0 Å². The topological polar surface area (TPSA) is 99.9 Å². The van der Waals surface area contributed by atoms with E-state index in [2.05, 4.69) is 5.32 Å². The molecule has 0 aliphatic heterocycles. The molecule has 2 amide bonds. The number of hydrogen-bond donors (Lipinski definition) is 2. The van der Waals surface area contributed by atoms with Crippen molar-refractivity contribution in [3.63, 3.8) is 0 Å². The Labute approximate surface area is 149 Å². The van der Waals surface area contributed by atoms with Gasteiger partial charge in [-0.25, -0.2) is 4.79 Å². The predicted octanol–water partition coefficient (Wildman–Crippen LogP) is 2.45. The second kappa shape index (κ2) is 7.57. The number of carboxylic acid groups (broad SMARTS) is 1. The zero-order valence-electron chi connectivity index (χ0n) is 14.1. The molecule has 0 spiro atoms. The van der Waals surface area contributed by atoms with E-state index in [0.717, 1.165) is 4.90 Å². The third-order valence-corrected chi connectivity index (χ3v) is 4.14. The van der Waals surface area contributed by atoms with Crippen molar-refractivity contribution in [1.29, 1.82) is 0 Å². The van der Waals surface area contributed by atoms with Gasteiger partial charge in [0.15, 0.2) is 5.76 Å². The van der Waals surface area contributed by atoms with E-state index >= 15 is 0 Å². The number of amides is 2. The van der Waals surface area contributed by atoms with E-state index in [-0.39, 0.29) is 24.8 Å². The van der Waals surface area contributed by atoms with Crippen LogP contribution in [0.3, 0.4) is 0 Å². The van der Waals surface area contributed by atoms with E-state index in [1.165, 1.54) is 13.8 Å². The molecule has 2 rings (SSSR count). The fourth-order valence-electron chi connectivity index (χ4n) is 2.48. The Kier molecular flexibility index (Phi) is 5.69. The largest absolute Gasteiger partial charge is 0.480 e. The van der Waals surface area contributed by atoms with Gasteiger partial charge in [-0.05, 0) is 32.0 Å². The molecule has 1 unspecified atom stereocenters. The highest BCUT2D eigenvalue weighted by molar-refractivity contribution is 6.31. The maximum atomic E-state index is 12.9. The molecule has 2 N–H and O–H groups in total. The summed E-state index contributed by atoms with van der Waals surface area (Å²) in [6.07, 6.45) is 0. The molecule has 1 aromatic carbocycles. The lowest BCUT2D eigenvalue weighted by Crippen LogP contribution is -2.46. The molecule has 0 saturated heterocycles. The number of fused-ring (bicyclic) bond motifs is 1. The molecule has 1 aromatic heterocycles. The summed E-state index contributed by atoms with van der Waals surface area (Å²) in [4.78, 5) is 36.4. The first-order chi connectivity index (χ1) is 11.7. The van der Waals surface area contributed by atoms with Crippen LogP contribution >= 0.6 is 11.6 Å². The first kappa shape index (κ1) is 18.8. The van der Waals surface area contributed by atoms with E-state index in [1.54, 1.807) is 25.1 Å². The number of nitrogens with one attached hydrogen (secondary N) is 1. The average molecular weight is 367 g/mol. The normalized spacial score (nSPS) is 12.0. The van der Waals surface area contributed by atoms with Gasteiger partial charge in [0.05, 0.1) is 0 Å². The van der Waals surface area contributed by atoms with E-state index in [9.17, 15) is 19.5 Å². The summed E-state index contributed by atoms with van der Waals surface area (Å²) in [5.74, 6) is -1.89. The summed E-state index contributed by atoms with van der Waals surface area (Å²) in [7, 11) is 0. The molecule has 1 atom stereocenters. The number of carbonyl (C=O) groups is 3. The van der Waals surface area contributed by atoms with E-state index in [0.29, 0.717) is 21.6 Å². The molecule has 2 aromatic rings. The maximum Gasteiger partial charge on any atom is 0.326 e. The molecule has 1 heterocycles. The van der Waals surface area contributed by atoms with Gasteiger partial charge in [0.25, 0.3) is 5.91 Å². The fourth-order valence-corrected chi connectivity index (χ4v) is 2.66. The zero-order chi connectivity index (χ0) is 18.7. The van der Waals surface area contributed by atoms with Crippen molar-refractivity contribution in [2.45, 2.75) is 26.8 Å². The Hall–Kier alpha value is -2.54. The standard InChI is InChI=1S/C17H19ClN2O5/c1-9-13-8-12(18)4-5-14(13)25-15(9)16(22)20(10(2)17(23)24)7-6-19-11(3)21/h4-5,8,10H,6-7H2,1-3H3,(H,19,21)(H,23,24). The molecule has 0 aliphatic carbocycles. The van der Waals surface area contributed by atoms with Gasteiger partial charge in [-0.15, -0.1) is 0 Å². The number of furan rings is 1. The van der Waals surface area contributed by atoms with Crippen LogP contribution in [0.25, 0.3) is 11.0 Å². The highest BCUT2D eigenvalue weighted by Crippen LogP contribution is 2.29. The van der Waals surface area contributed by atoms with Gasteiger partial charge < -0.3 is 19.7 Å². The quantitative estimate of drug-likeness (QED) is 0.817. The molecule has 0 radical (unpaired) electrons. The Bertz CT molecular complexity index is 830. The fraction of sp³-hybridized carbons (Fsp3) is 0.353. The maximum absolute atomic E-state index is 12.9. The SMILES string of the molecule is CC(=O)NCCN(C(=O)c1oc2ccc(Cl)cc2c1C)C(C)C(=O)O. The number of carboxylic acids is 1. The van der Waals surface area contributed by atoms with Gasteiger partial charge >= 0.3 is 5.97 Å². The number of aliphatic carboxylic acids is 1. The zero-order valence-corrected chi connectivity index (χ0v) is 14.9. The van der Waals surface area contributed by atoms with Crippen molar-refractivity contribution in [3.8, 4) is 0 Å². The summed E-state index contributed by atoms with van der Waals surface area (Å²) in [5.41, 5.74) is 1.08. The van der Waals surface area contributed by atoms with Crippen molar-refractivity contribution >= 4 is 40.4 Å². The number of rotatable bonds is 6. The molecule has 25 heavy (non-hydrogen) atoms. The van der Waals surface area contributed by atoms with Crippen LogP contribution in [0, 0.1) is 6.92 Å². The highest BCUT2D eigenvalue weighted by Gasteiger charge is 2.30. The van der Waals surface area contributed by atoms with E-state index < -0.39 is 17.9 Å². The van der Waals surface area contributed by atoms with E-state index in [1.807, 2.05) is 0 Å². The molecule has 0 saturated carbocycles. The first-order valence-electron chi connectivity index (χ1n) is 7.69. The molecule has 8 heteroatoms. The Morgan fingerprint density at radius 3 is 2.64 bits per heavy atom. The van der Waals surface area contributed by atoms with Crippen LogP contribution in [0.2, 0.25) is 5.02 Å². The molecule has 0 fully saturated rings. The molecule has 134 valence electrons. The van der Waals surface area contributed by atoms with Crippen LogP contribution in [-0.4, -0.2) is 46.9 Å². The van der Waals surface area contributed by atoms with Gasteiger partial charge in [-0.3, -0.25) is 9.59 Å². The lowest BCUT2D eigenvalue weighted by Gasteiger charge is -2.26. The Morgan fingerprint density at radius 2 is 2.04 bits per heavy atom. The summed E-state index contributed by atoms with van der Waals surface area (Å²) in [6, 6.07) is 3.92. The smallest absolute Gasteiger partial charge is 0.326 e. The Balaban J connectivity index is 2.36. The summed E-state index contributed by atoms with van der Waals surface area (Å²) < 4.78 is 5.62. The number of carbonyl (C=O) groups excluding carboxylic acids is 2. The van der Waals surface area contributed by atoms with Gasteiger partial charge in [-0.2, -0.15) is 0 Å². The number of halogens is 1. The van der Waals surface area contributed by atoms with E-state index in [4.69, 9.17) is 16.0 Å². The molecule has 0 bridgehead atoms. The Morgan fingerprint density at radius 1 is 1.36 bits per heavy atom. The van der Waals surface area contributed by atoms with Crippen LogP contribution in [0.1, 0.15) is 30.0 Å². The second-order valence-corrected chi connectivity index (χ2v) is 6.13. The lowest BCUT2D eigenvalue weighted by molar-refractivity contribution is -0.141. The van der Waals surface area contributed by atoms with Gasteiger partial charge in [-0.1, -0.05) is 11.6 Å². The molecular formula is C17H19ClN2O5. The van der Waals surface area contributed by atoms with Gasteiger partial charge in [0.1, 0.15) is 11.6 Å². The summed E-state index contributed by atoms with van der Waals surface area (Å²) in [5, 5.41) is 13.0. The third-order valence-electron chi connectivity index (χ3n) is 3.90. The third kappa shape index (κ3) is 4.11. The van der Waals surface area contributed by atoms with Crippen molar-refractivity contribution in [2.75, 3.05) is 13.1 Å². The number of benzene rings is 1. The highest BCUT2D eigenvalue weighted by atomic mass is 35.5. The minimum Gasteiger partial charge on any atom is -0.480 e. The predicted molar refractivity (Wildman–Crippen MR) is 92.8 cm³/mol. The van der Waals surface area contributed by atoms with Crippen LogP contribution in [0.4, 0.5) is 0 Å². The minimum absolute atomic E-state index is 0.0448. The van der Waals surface area contributed by atoms with Crippen LogP contribution < -0.4 is 5.32 Å². The first-order valence-corrected chi connectivity index (χ1v) is 8.07. The molecular weight excluding hydrogens is 348 g/mol. The number of nitrogens with zero attached hydrogens (tertiary/aromatic N) is 1. The van der Waals surface area contributed by atoms with Crippen LogP contribution in [-0.2, 0) is 9.59 Å². The summed E-state index contributed by atoms with van der Waals surface area (Å²) in [6.45, 7) is 4.66.